The number of hydrogen-bond acceptors (Lipinski definition) is 5. The fraction of sp³-hybridized carbons (Fsp3) is 0.385. The van der Waals surface area contributed by atoms with Gasteiger partial charge in [0.05, 0.1) is 30.9 Å². The summed E-state index contributed by atoms with van der Waals surface area (Å²) in [7, 11) is 0. The molecule has 102 valence electrons. The van der Waals surface area contributed by atoms with E-state index >= 15 is 0 Å². The van der Waals surface area contributed by atoms with Gasteiger partial charge in [0.2, 0.25) is 0 Å². The summed E-state index contributed by atoms with van der Waals surface area (Å²) in [6, 6.07) is 3.56. The van der Waals surface area contributed by atoms with Gasteiger partial charge in [-0.1, -0.05) is 6.08 Å². The molecule has 1 fully saturated rings. The van der Waals surface area contributed by atoms with Gasteiger partial charge in [-0.3, -0.25) is 15.0 Å². The van der Waals surface area contributed by atoms with Crippen LogP contribution in [0.15, 0.2) is 40.7 Å². The Bertz CT molecular complexity index is 459. The smallest absolute Gasteiger partial charge is 0.260 e. The molecule has 0 amide bonds. The molecule has 1 aliphatic heterocycles. The second kappa shape index (κ2) is 6.86. The van der Waals surface area contributed by atoms with E-state index in [-0.39, 0.29) is 10.6 Å². The minimum absolute atomic E-state index is 0.171. The lowest BCUT2D eigenvalue weighted by atomic mass is 10.3. The average Bonchev–Trinajstić information content (AvgIpc) is 2.92. The second-order valence-electron chi connectivity index (χ2n) is 4.18. The lowest BCUT2D eigenvalue weighted by Crippen LogP contribution is -2.38. The highest BCUT2D eigenvalue weighted by Gasteiger charge is 2.17. The quantitative estimate of drug-likeness (QED) is 0.460. The summed E-state index contributed by atoms with van der Waals surface area (Å²) < 4.78 is 10.3. The van der Waals surface area contributed by atoms with Gasteiger partial charge in [-0.2, -0.15) is 0 Å². The molecule has 2 rings (SSSR count). The third kappa shape index (κ3) is 4.35. The summed E-state index contributed by atoms with van der Waals surface area (Å²) in [5.74, 6) is 0.672. The first-order valence-corrected chi connectivity index (χ1v) is 6.11. The minimum atomic E-state index is -0.345. The van der Waals surface area contributed by atoms with E-state index in [1.54, 1.807) is 30.5 Å². The van der Waals surface area contributed by atoms with Crippen molar-refractivity contribution in [3.05, 3.63) is 52.1 Å². The van der Waals surface area contributed by atoms with Crippen molar-refractivity contribution in [2.24, 2.45) is 0 Å². The van der Waals surface area contributed by atoms with Crippen LogP contribution in [0.5, 0.6) is 0 Å². The van der Waals surface area contributed by atoms with Crippen LogP contribution in [0.2, 0.25) is 0 Å². The second-order valence-corrected chi connectivity index (χ2v) is 4.18. The lowest BCUT2D eigenvalue weighted by molar-refractivity contribution is -0.428. The molecule has 1 aromatic rings. The monoisotopic (exact) mass is 264 g/mol. The largest absolute Gasteiger partial charge is 0.465 e. The van der Waals surface area contributed by atoms with Crippen LogP contribution in [-0.2, 0) is 4.74 Å². The Kier molecular flexibility index (Phi) is 4.88. The van der Waals surface area contributed by atoms with Crippen molar-refractivity contribution in [3.63, 3.8) is 0 Å². The normalized spacial score (nSPS) is 18.0. The Labute approximate surface area is 111 Å². The maximum absolute atomic E-state index is 11.0. The van der Waals surface area contributed by atoms with E-state index in [4.69, 9.17) is 9.15 Å². The van der Waals surface area contributed by atoms with Gasteiger partial charge >= 0.3 is 0 Å². The summed E-state index contributed by atoms with van der Waals surface area (Å²) in [5.41, 5.74) is 0.171. The van der Waals surface area contributed by atoms with Crippen LogP contribution in [0.4, 0.5) is 0 Å². The van der Waals surface area contributed by atoms with E-state index in [2.05, 4.69) is 0 Å². The van der Waals surface area contributed by atoms with Crippen LogP contribution in [0, 0.1) is 10.1 Å². The van der Waals surface area contributed by atoms with Crippen LogP contribution in [0.1, 0.15) is 5.76 Å². The molecule has 0 aromatic carbocycles. The third-order valence-corrected chi connectivity index (χ3v) is 2.82. The number of nitro groups is 1. The Hall–Kier alpha value is -1.92. The Morgan fingerprint density at radius 3 is 2.89 bits per heavy atom. The van der Waals surface area contributed by atoms with Crippen molar-refractivity contribution in [2.45, 2.75) is 0 Å². The van der Waals surface area contributed by atoms with E-state index in [1.165, 1.54) is 6.08 Å². The molecule has 1 aromatic heterocycles. The summed E-state index contributed by atoms with van der Waals surface area (Å²) >= 11 is 0. The van der Waals surface area contributed by atoms with Gasteiger partial charge in [-0.15, -0.1) is 0 Å². The molecule has 6 nitrogen and oxygen atoms in total. The number of hydrogen-bond donors (Lipinski definition) is 0. The molecule has 0 N–H and O–H groups in total. The summed E-state index contributed by atoms with van der Waals surface area (Å²) in [6.45, 7) is 3.06. The zero-order valence-corrected chi connectivity index (χ0v) is 10.5. The summed E-state index contributed by atoms with van der Waals surface area (Å²) in [6.07, 6.45) is 6.41. The zero-order valence-electron chi connectivity index (χ0n) is 10.5. The van der Waals surface area contributed by atoms with E-state index in [9.17, 15) is 10.1 Å². The predicted molar refractivity (Wildman–Crippen MR) is 70.1 cm³/mol. The van der Waals surface area contributed by atoms with Crippen molar-refractivity contribution < 1.29 is 14.1 Å². The van der Waals surface area contributed by atoms with Crippen LogP contribution in [0.25, 0.3) is 6.08 Å². The minimum Gasteiger partial charge on any atom is -0.465 e. The molecule has 0 radical (unpaired) electrons. The average molecular weight is 264 g/mol. The topological polar surface area (TPSA) is 68.8 Å². The molecule has 1 saturated heterocycles. The molecule has 0 bridgehead atoms. The van der Waals surface area contributed by atoms with Crippen LogP contribution in [-0.4, -0.2) is 42.7 Å². The van der Waals surface area contributed by atoms with Gasteiger partial charge < -0.3 is 9.15 Å². The maximum atomic E-state index is 11.0. The van der Waals surface area contributed by atoms with Crippen LogP contribution in [0.3, 0.4) is 0 Å². The number of allylic oxidation sites excluding steroid dienone is 2. The van der Waals surface area contributed by atoms with Crippen molar-refractivity contribution in [1.82, 2.24) is 4.90 Å². The highest BCUT2D eigenvalue weighted by atomic mass is 16.6. The molecule has 0 unspecified atom stereocenters. The third-order valence-electron chi connectivity index (χ3n) is 2.82. The van der Waals surface area contributed by atoms with Gasteiger partial charge in [0.1, 0.15) is 5.76 Å². The van der Waals surface area contributed by atoms with Gasteiger partial charge in [0, 0.05) is 19.2 Å². The zero-order chi connectivity index (χ0) is 13.5. The highest BCUT2D eigenvalue weighted by molar-refractivity contribution is 5.44. The molecule has 19 heavy (non-hydrogen) atoms. The van der Waals surface area contributed by atoms with Gasteiger partial charge in [0.25, 0.3) is 5.70 Å². The number of furan rings is 1. The van der Waals surface area contributed by atoms with Crippen LogP contribution >= 0.6 is 0 Å². The van der Waals surface area contributed by atoms with Gasteiger partial charge in [-0.25, -0.2) is 0 Å². The molecule has 0 atom stereocenters. The predicted octanol–water partition coefficient (Wildman–Crippen LogP) is 1.79. The Balaban J connectivity index is 1.96. The van der Waals surface area contributed by atoms with Gasteiger partial charge in [-0.05, 0) is 18.2 Å². The SMILES string of the molecule is O=[N+]([O-])/C(=C\C=C\c1ccco1)CN1CCOCC1. The fourth-order valence-electron chi connectivity index (χ4n) is 1.80. The molecule has 0 saturated carbocycles. The molecule has 0 aliphatic carbocycles. The lowest BCUT2D eigenvalue weighted by Gasteiger charge is -2.25. The van der Waals surface area contributed by atoms with E-state index in [0.29, 0.717) is 25.5 Å². The highest BCUT2D eigenvalue weighted by Crippen LogP contribution is 2.06. The molecular formula is C13H16N2O4. The Morgan fingerprint density at radius 2 is 2.26 bits per heavy atom. The fourth-order valence-corrected chi connectivity index (χ4v) is 1.80. The van der Waals surface area contributed by atoms with E-state index in [1.807, 2.05) is 4.90 Å². The van der Waals surface area contributed by atoms with E-state index < -0.39 is 0 Å². The number of morpholine rings is 1. The first-order chi connectivity index (χ1) is 9.25. The maximum Gasteiger partial charge on any atom is 0.260 e. The number of nitrogens with zero attached hydrogens (tertiary/aromatic N) is 2. The molecule has 6 heteroatoms. The molecule has 0 spiro atoms. The number of ether oxygens (including phenoxy) is 1. The van der Waals surface area contributed by atoms with Gasteiger partial charge in [0.15, 0.2) is 0 Å². The molecule has 2 heterocycles. The summed E-state index contributed by atoms with van der Waals surface area (Å²) in [4.78, 5) is 12.7. The molecular weight excluding hydrogens is 248 g/mol. The summed E-state index contributed by atoms with van der Waals surface area (Å²) in [5, 5.41) is 11.0. The van der Waals surface area contributed by atoms with E-state index in [0.717, 1.165) is 13.1 Å². The van der Waals surface area contributed by atoms with Crippen molar-refractivity contribution in [2.75, 3.05) is 32.8 Å². The van der Waals surface area contributed by atoms with Crippen LogP contribution < -0.4 is 0 Å². The van der Waals surface area contributed by atoms with Crippen molar-refractivity contribution >= 4 is 6.08 Å². The Morgan fingerprint density at radius 1 is 1.47 bits per heavy atom. The van der Waals surface area contributed by atoms with Crippen molar-refractivity contribution in [3.8, 4) is 0 Å². The molecule has 1 aliphatic rings. The van der Waals surface area contributed by atoms with Crippen molar-refractivity contribution in [1.29, 1.82) is 0 Å². The standard InChI is InChI=1S/C13H16N2O4/c16-15(17)12(11-14-6-9-18-10-7-14)3-1-4-13-5-2-8-19-13/h1-5,8H,6-7,9-11H2/b4-1+,12-3-. The first-order valence-electron chi connectivity index (χ1n) is 6.11. The first kappa shape index (κ1) is 13.5. The number of rotatable bonds is 5.